The van der Waals surface area contributed by atoms with Gasteiger partial charge in [-0.1, -0.05) is 43.0 Å². The SMILES string of the molecule is CC1=CC(=O)OC2CC(CCCCCCC1)O[C@@](O)([C@@H]1CSC(=O)N1)C2. The van der Waals surface area contributed by atoms with Gasteiger partial charge in [-0.05, 0) is 26.2 Å². The van der Waals surface area contributed by atoms with Gasteiger partial charge in [-0.15, -0.1) is 0 Å². The molecule has 0 spiro atoms. The van der Waals surface area contributed by atoms with Gasteiger partial charge >= 0.3 is 5.97 Å². The number of hydrogen-bond acceptors (Lipinski definition) is 6. The summed E-state index contributed by atoms with van der Waals surface area (Å²) in [6.45, 7) is 1.96. The topological polar surface area (TPSA) is 84.9 Å². The molecule has 2 fully saturated rings. The third kappa shape index (κ3) is 5.24. The Balaban J connectivity index is 1.74. The summed E-state index contributed by atoms with van der Waals surface area (Å²) in [5, 5.41) is 13.7. The van der Waals surface area contributed by atoms with E-state index in [1.807, 2.05) is 6.92 Å². The van der Waals surface area contributed by atoms with Crippen LogP contribution in [0.25, 0.3) is 0 Å². The molecule has 0 aromatic rings. The lowest BCUT2D eigenvalue weighted by Crippen LogP contribution is -2.58. The maximum absolute atomic E-state index is 12.3. The molecule has 0 saturated carbocycles. The first-order chi connectivity index (χ1) is 12.4. The number of allylic oxidation sites excluding steroid dienone is 1. The van der Waals surface area contributed by atoms with E-state index in [9.17, 15) is 14.7 Å². The number of thioether (sulfide) groups is 1. The molecule has 0 aromatic heterocycles. The van der Waals surface area contributed by atoms with Crippen molar-refractivity contribution in [2.75, 3.05) is 5.75 Å². The van der Waals surface area contributed by atoms with Crippen LogP contribution in [0.2, 0.25) is 0 Å². The fourth-order valence-electron chi connectivity index (χ4n) is 3.98. The van der Waals surface area contributed by atoms with E-state index in [4.69, 9.17) is 9.47 Å². The molecule has 1 amide bonds. The van der Waals surface area contributed by atoms with Gasteiger partial charge in [0.25, 0.3) is 5.24 Å². The molecule has 2 N–H and O–H groups in total. The molecule has 2 saturated heterocycles. The number of amides is 1. The Morgan fingerprint density at radius 2 is 1.96 bits per heavy atom. The molecular formula is C19H29NO5S. The van der Waals surface area contributed by atoms with Gasteiger partial charge in [0, 0.05) is 24.7 Å². The Labute approximate surface area is 159 Å². The quantitative estimate of drug-likeness (QED) is 0.676. The highest BCUT2D eigenvalue weighted by molar-refractivity contribution is 8.14. The highest BCUT2D eigenvalue weighted by Crippen LogP contribution is 2.36. The largest absolute Gasteiger partial charge is 0.459 e. The van der Waals surface area contributed by atoms with Crippen LogP contribution < -0.4 is 5.32 Å². The van der Waals surface area contributed by atoms with Gasteiger partial charge in [-0.25, -0.2) is 4.79 Å². The molecule has 0 aliphatic carbocycles. The van der Waals surface area contributed by atoms with E-state index in [1.54, 1.807) is 6.08 Å². The van der Waals surface area contributed by atoms with Gasteiger partial charge in [-0.2, -0.15) is 0 Å². The highest BCUT2D eigenvalue weighted by atomic mass is 32.2. The van der Waals surface area contributed by atoms with Crippen LogP contribution >= 0.6 is 11.8 Å². The van der Waals surface area contributed by atoms with Crippen molar-refractivity contribution in [3.8, 4) is 0 Å². The second kappa shape index (κ2) is 8.76. The minimum atomic E-state index is -1.48. The molecule has 4 atom stereocenters. The van der Waals surface area contributed by atoms with Gasteiger partial charge in [-0.3, -0.25) is 4.79 Å². The van der Waals surface area contributed by atoms with E-state index >= 15 is 0 Å². The molecule has 3 heterocycles. The van der Waals surface area contributed by atoms with E-state index in [2.05, 4.69) is 5.32 Å². The van der Waals surface area contributed by atoms with Crippen molar-refractivity contribution in [3.63, 3.8) is 0 Å². The first-order valence-electron chi connectivity index (χ1n) is 9.66. The monoisotopic (exact) mass is 383 g/mol. The van der Waals surface area contributed by atoms with Crippen molar-refractivity contribution < 1.29 is 24.2 Å². The normalized spacial score (nSPS) is 37.3. The minimum absolute atomic E-state index is 0.150. The van der Waals surface area contributed by atoms with E-state index in [0.29, 0.717) is 12.2 Å². The number of aliphatic hydroxyl groups is 1. The van der Waals surface area contributed by atoms with Crippen molar-refractivity contribution >= 4 is 23.0 Å². The number of hydrogen-bond donors (Lipinski definition) is 2. The molecule has 7 heteroatoms. The first kappa shape index (κ1) is 19.7. The van der Waals surface area contributed by atoms with Gasteiger partial charge < -0.3 is 19.9 Å². The van der Waals surface area contributed by atoms with Crippen molar-refractivity contribution in [3.05, 3.63) is 11.6 Å². The Morgan fingerprint density at radius 3 is 2.73 bits per heavy atom. The summed E-state index contributed by atoms with van der Waals surface area (Å²) >= 11 is 1.15. The highest BCUT2D eigenvalue weighted by Gasteiger charge is 2.49. The Bertz CT molecular complexity index is 566. The van der Waals surface area contributed by atoms with Gasteiger partial charge in [0.1, 0.15) is 6.10 Å². The Hall–Kier alpha value is -1.05. The van der Waals surface area contributed by atoms with Crippen molar-refractivity contribution in [2.45, 2.75) is 88.7 Å². The summed E-state index contributed by atoms with van der Waals surface area (Å²) in [4.78, 5) is 23.8. The molecule has 146 valence electrons. The van der Waals surface area contributed by atoms with E-state index in [-0.39, 0.29) is 23.7 Å². The molecule has 6 nitrogen and oxygen atoms in total. The summed E-state index contributed by atoms with van der Waals surface area (Å²) in [6, 6.07) is -0.472. The van der Waals surface area contributed by atoms with Gasteiger partial charge in [0.15, 0.2) is 5.79 Å². The number of rotatable bonds is 1. The van der Waals surface area contributed by atoms with Crippen LogP contribution in [-0.4, -0.2) is 46.1 Å². The predicted molar refractivity (Wildman–Crippen MR) is 99.8 cm³/mol. The summed E-state index contributed by atoms with van der Waals surface area (Å²) in [5.41, 5.74) is 1.03. The maximum atomic E-state index is 12.3. The van der Waals surface area contributed by atoms with Crippen LogP contribution in [-0.2, 0) is 14.3 Å². The average Bonchev–Trinajstić information content (AvgIpc) is 3.00. The molecule has 3 aliphatic heterocycles. The summed E-state index contributed by atoms with van der Waals surface area (Å²) in [5.74, 6) is -1.37. The van der Waals surface area contributed by atoms with Crippen LogP contribution in [0.5, 0.6) is 0 Å². The number of fused-ring (bicyclic) bond motifs is 2. The Morgan fingerprint density at radius 1 is 1.19 bits per heavy atom. The molecule has 0 radical (unpaired) electrons. The summed E-state index contributed by atoms with van der Waals surface area (Å²) in [7, 11) is 0. The van der Waals surface area contributed by atoms with Crippen molar-refractivity contribution in [1.29, 1.82) is 0 Å². The number of esters is 1. The predicted octanol–water partition coefficient (Wildman–Crippen LogP) is 3.28. The molecular weight excluding hydrogens is 354 g/mol. The lowest BCUT2D eigenvalue weighted by atomic mass is 9.91. The number of ether oxygens (including phenoxy) is 2. The van der Waals surface area contributed by atoms with Crippen LogP contribution in [0, 0.1) is 0 Å². The second-order valence-corrected chi connectivity index (χ2v) is 8.67. The molecule has 0 aromatic carbocycles. The zero-order chi connectivity index (χ0) is 18.6. The summed E-state index contributed by atoms with van der Waals surface area (Å²) in [6.07, 6.45) is 9.13. The zero-order valence-corrected chi connectivity index (χ0v) is 16.2. The number of carbonyl (C=O) groups excluding carboxylic acids is 2. The van der Waals surface area contributed by atoms with E-state index < -0.39 is 17.9 Å². The first-order valence-corrected chi connectivity index (χ1v) is 10.6. The van der Waals surface area contributed by atoms with Gasteiger partial charge in [0.2, 0.25) is 0 Å². The van der Waals surface area contributed by atoms with Crippen molar-refractivity contribution in [2.24, 2.45) is 0 Å². The molecule has 3 aliphatic rings. The minimum Gasteiger partial charge on any atom is -0.459 e. The molecule has 2 unspecified atom stereocenters. The maximum Gasteiger partial charge on any atom is 0.330 e. The summed E-state index contributed by atoms with van der Waals surface area (Å²) < 4.78 is 11.7. The van der Waals surface area contributed by atoms with Crippen LogP contribution in [0.1, 0.15) is 64.7 Å². The van der Waals surface area contributed by atoms with E-state index in [0.717, 1.165) is 55.9 Å². The molecule has 3 rings (SSSR count). The molecule has 2 bridgehead atoms. The standard InChI is InChI=1S/C19H29NO5S/c1-13-7-5-3-2-4-6-8-14-10-15(24-17(21)9-13)11-19(23,25-14)16-12-26-18(22)20-16/h9,14-16,23H,2-8,10-12H2,1H3,(H,20,22)/t14?,15?,16-,19+/m0/s1. The zero-order valence-electron chi connectivity index (χ0n) is 15.4. The fraction of sp³-hybridized carbons (Fsp3) is 0.789. The number of carbonyl (C=O) groups is 2. The van der Waals surface area contributed by atoms with Gasteiger partial charge in [0.05, 0.1) is 12.1 Å². The Kier molecular flexibility index (Phi) is 6.64. The van der Waals surface area contributed by atoms with Crippen LogP contribution in [0.3, 0.4) is 0 Å². The van der Waals surface area contributed by atoms with Crippen LogP contribution in [0.4, 0.5) is 4.79 Å². The van der Waals surface area contributed by atoms with Crippen molar-refractivity contribution in [1.82, 2.24) is 5.32 Å². The van der Waals surface area contributed by atoms with E-state index in [1.165, 1.54) is 6.42 Å². The fourth-order valence-corrected chi connectivity index (χ4v) is 4.87. The third-order valence-corrected chi connectivity index (χ3v) is 6.26. The average molecular weight is 384 g/mol. The number of nitrogens with one attached hydrogen (secondary N) is 1. The smallest absolute Gasteiger partial charge is 0.330 e. The third-order valence-electron chi connectivity index (χ3n) is 5.38. The van der Waals surface area contributed by atoms with Crippen LogP contribution in [0.15, 0.2) is 11.6 Å². The lowest BCUT2D eigenvalue weighted by Gasteiger charge is -2.43. The second-order valence-electron chi connectivity index (χ2n) is 7.68. The lowest BCUT2D eigenvalue weighted by molar-refractivity contribution is -0.283. The molecule has 26 heavy (non-hydrogen) atoms.